The van der Waals surface area contributed by atoms with Gasteiger partial charge in [0.2, 0.25) is 0 Å². The van der Waals surface area contributed by atoms with Crippen LogP contribution < -0.4 is 9.62 Å². The Bertz CT molecular complexity index is 1430. The van der Waals surface area contributed by atoms with Crippen LogP contribution in [0.1, 0.15) is 19.4 Å². The van der Waals surface area contributed by atoms with Crippen LogP contribution in [-0.4, -0.2) is 41.3 Å². The lowest BCUT2D eigenvalue weighted by Gasteiger charge is -2.28. The number of anilines is 2. The van der Waals surface area contributed by atoms with Crippen molar-refractivity contribution in [3.8, 4) is 0 Å². The fourth-order valence-electron chi connectivity index (χ4n) is 3.75. The van der Waals surface area contributed by atoms with Crippen molar-refractivity contribution in [2.45, 2.75) is 41.2 Å². The molecule has 0 aliphatic carbocycles. The highest BCUT2D eigenvalue weighted by Crippen LogP contribution is 2.39. The van der Waals surface area contributed by atoms with Crippen molar-refractivity contribution < 1.29 is 31.2 Å². The van der Waals surface area contributed by atoms with E-state index in [2.05, 4.69) is 9.71 Å². The normalized spacial score (nSPS) is 15.8. The van der Waals surface area contributed by atoms with Gasteiger partial charge < -0.3 is 4.90 Å². The van der Waals surface area contributed by atoms with Crippen molar-refractivity contribution in [2.75, 3.05) is 9.62 Å². The minimum Gasteiger partial charge on any atom is -0.305 e. The quantitative estimate of drug-likeness (QED) is 0.319. The third-order valence-electron chi connectivity index (χ3n) is 5.69. The van der Waals surface area contributed by atoms with Crippen LogP contribution in [0.4, 0.5) is 29.3 Å². The number of imide groups is 1. The van der Waals surface area contributed by atoms with Gasteiger partial charge in [0.15, 0.2) is 0 Å². The number of thioether (sulfide) groups is 1. The zero-order valence-corrected chi connectivity index (χ0v) is 21.2. The predicted octanol–water partition coefficient (Wildman–Crippen LogP) is 5.24. The standard InChI is InChI=1S/C24H21F3N4O4S2/c1-23(2)21(32)31(17-8-10-18(11-9-17)36-24(25,26)27)22(33)30(23)15-16-12-13-28-14-20(16)29-37(34,35)19-6-4-3-5-7-19/h3-14,29H,15H2,1-2H3. The van der Waals surface area contributed by atoms with Crippen LogP contribution in [0.5, 0.6) is 0 Å². The van der Waals surface area contributed by atoms with Crippen LogP contribution in [0.3, 0.4) is 0 Å². The van der Waals surface area contributed by atoms with Crippen molar-refractivity contribution in [2.24, 2.45) is 0 Å². The van der Waals surface area contributed by atoms with Crippen LogP contribution in [0.15, 0.2) is 82.8 Å². The van der Waals surface area contributed by atoms with E-state index < -0.39 is 33.0 Å². The van der Waals surface area contributed by atoms with Gasteiger partial charge in [-0.2, -0.15) is 13.2 Å². The summed E-state index contributed by atoms with van der Waals surface area (Å²) in [7, 11) is -3.95. The summed E-state index contributed by atoms with van der Waals surface area (Å²) < 4.78 is 66.1. The van der Waals surface area contributed by atoms with Crippen LogP contribution in [0, 0.1) is 0 Å². The molecule has 1 aliphatic heterocycles. The Kier molecular flexibility index (Phi) is 6.95. The number of hydrogen-bond acceptors (Lipinski definition) is 6. The Morgan fingerprint density at radius 1 is 1.00 bits per heavy atom. The van der Waals surface area contributed by atoms with Gasteiger partial charge in [-0.1, -0.05) is 18.2 Å². The Labute approximate surface area is 215 Å². The van der Waals surface area contributed by atoms with Crippen LogP contribution in [0.25, 0.3) is 0 Å². The number of carbonyl (C=O) groups excluding carboxylic acids is 2. The molecule has 1 fully saturated rings. The molecule has 0 radical (unpaired) electrons. The average molecular weight is 551 g/mol. The second-order valence-corrected chi connectivity index (χ2v) is 11.4. The van der Waals surface area contributed by atoms with Gasteiger partial charge in [-0.05, 0) is 73.6 Å². The Balaban J connectivity index is 1.60. The van der Waals surface area contributed by atoms with E-state index >= 15 is 0 Å². The fourth-order valence-corrected chi connectivity index (χ4v) is 5.40. The van der Waals surface area contributed by atoms with Crippen LogP contribution in [-0.2, 0) is 21.4 Å². The van der Waals surface area contributed by atoms with Gasteiger partial charge in [0.1, 0.15) is 5.54 Å². The van der Waals surface area contributed by atoms with Crippen molar-refractivity contribution in [1.29, 1.82) is 0 Å². The molecular formula is C24H21F3N4O4S2. The lowest BCUT2D eigenvalue weighted by atomic mass is 10.0. The first kappa shape index (κ1) is 26.5. The van der Waals surface area contributed by atoms with Gasteiger partial charge in [0.25, 0.3) is 15.9 Å². The van der Waals surface area contributed by atoms with Crippen molar-refractivity contribution in [1.82, 2.24) is 9.88 Å². The Morgan fingerprint density at radius 3 is 2.27 bits per heavy atom. The number of sulfonamides is 1. The number of nitrogens with one attached hydrogen (secondary N) is 1. The molecular weight excluding hydrogens is 529 g/mol. The molecule has 37 heavy (non-hydrogen) atoms. The minimum atomic E-state index is -4.47. The second kappa shape index (κ2) is 9.71. The fraction of sp³-hybridized carbons (Fsp3) is 0.208. The molecule has 194 valence electrons. The summed E-state index contributed by atoms with van der Waals surface area (Å²) >= 11 is -0.301. The van der Waals surface area contributed by atoms with Crippen LogP contribution >= 0.6 is 11.8 Å². The van der Waals surface area contributed by atoms with Gasteiger partial charge >= 0.3 is 11.5 Å². The number of halogens is 3. The van der Waals surface area contributed by atoms with E-state index in [0.29, 0.717) is 5.56 Å². The Hall–Kier alpha value is -3.58. The smallest absolute Gasteiger partial charge is 0.305 e. The Morgan fingerprint density at radius 2 is 1.65 bits per heavy atom. The molecule has 1 N–H and O–H groups in total. The molecule has 8 nitrogen and oxygen atoms in total. The number of aromatic nitrogens is 1. The molecule has 4 rings (SSSR count). The molecule has 13 heteroatoms. The molecule has 2 aromatic carbocycles. The molecule has 2 heterocycles. The zero-order chi connectivity index (χ0) is 27.0. The summed E-state index contributed by atoms with van der Waals surface area (Å²) in [5.41, 5.74) is -5.15. The van der Waals surface area contributed by atoms with E-state index in [-0.39, 0.29) is 39.5 Å². The molecule has 0 bridgehead atoms. The van der Waals surface area contributed by atoms with Crippen molar-refractivity contribution >= 4 is 45.1 Å². The minimum absolute atomic E-state index is 0.0378. The summed E-state index contributed by atoms with van der Waals surface area (Å²) in [6, 6.07) is 13.5. The first-order valence-corrected chi connectivity index (χ1v) is 13.1. The molecule has 1 aromatic heterocycles. The zero-order valence-electron chi connectivity index (χ0n) is 19.6. The van der Waals surface area contributed by atoms with E-state index in [4.69, 9.17) is 0 Å². The van der Waals surface area contributed by atoms with E-state index in [1.165, 1.54) is 73.6 Å². The number of amides is 3. The highest BCUT2D eigenvalue weighted by atomic mass is 32.2. The molecule has 3 aromatic rings. The van der Waals surface area contributed by atoms with Crippen molar-refractivity contribution in [3.05, 3.63) is 78.6 Å². The molecule has 0 unspecified atom stereocenters. The van der Waals surface area contributed by atoms with Gasteiger partial charge in [0, 0.05) is 11.1 Å². The highest BCUT2D eigenvalue weighted by molar-refractivity contribution is 8.00. The maximum Gasteiger partial charge on any atom is 0.446 e. The van der Waals surface area contributed by atoms with Crippen LogP contribution in [0.2, 0.25) is 0 Å². The molecule has 3 amide bonds. The molecule has 0 saturated carbocycles. The number of rotatable bonds is 7. The third-order valence-corrected chi connectivity index (χ3v) is 7.81. The number of benzene rings is 2. The summed E-state index contributed by atoms with van der Waals surface area (Å²) in [6.07, 6.45) is 2.74. The number of carbonyl (C=O) groups is 2. The number of hydrogen-bond donors (Lipinski definition) is 1. The summed E-state index contributed by atoms with van der Waals surface area (Å²) in [4.78, 5) is 32.7. The monoisotopic (exact) mass is 550 g/mol. The van der Waals surface area contributed by atoms with Gasteiger partial charge in [-0.15, -0.1) is 0 Å². The maximum atomic E-state index is 13.4. The number of pyridine rings is 1. The number of nitrogens with zero attached hydrogens (tertiary/aromatic N) is 3. The predicted molar refractivity (Wildman–Crippen MR) is 132 cm³/mol. The third kappa shape index (κ3) is 5.57. The molecule has 1 saturated heterocycles. The number of urea groups is 1. The topological polar surface area (TPSA) is 99.7 Å². The largest absolute Gasteiger partial charge is 0.446 e. The van der Waals surface area contributed by atoms with Gasteiger partial charge in [-0.25, -0.2) is 18.1 Å². The molecule has 0 atom stereocenters. The highest BCUT2D eigenvalue weighted by Gasteiger charge is 2.52. The summed E-state index contributed by atoms with van der Waals surface area (Å²) in [6.45, 7) is 2.94. The first-order valence-electron chi connectivity index (χ1n) is 10.8. The second-order valence-electron chi connectivity index (χ2n) is 8.56. The number of alkyl halides is 3. The van der Waals surface area contributed by atoms with Gasteiger partial charge in [0.05, 0.1) is 29.0 Å². The van der Waals surface area contributed by atoms with E-state index in [9.17, 15) is 31.2 Å². The van der Waals surface area contributed by atoms with Crippen molar-refractivity contribution in [3.63, 3.8) is 0 Å². The average Bonchev–Trinajstić information content (AvgIpc) is 2.99. The van der Waals surface area contributed by atoms with E-state index in [1.807, 2.05) is 0 Å². The summed E-state index contributed by atoms with van der Waals surface area (Å²) in [5.74, 6) is -0.575. The van der Waals surface area contributed by atoms with Gasteiger partial charge in [-0.3, -0.25) is 14.5 Å². The van der Waals surface area contributed by atoms with E-state index in [0.717, 1.165) is 4.90 Å². The van der Waals surface area contributed by atoms with E-state index in [1.54, 1.807) is 18.2 Å². The molecule has 1 aliphatic rings. The lowest BCUT2D eigenvalue weighted by Crippen LogP contribution is -2.43. The first-order chi connectivity index (χ1) is 17.3. The molecule has 0 spiro atoms. The SMILES string of the molecule is CC1(C)C(=O)N(c2ccc(SC(F)(F)F)cc2)C(=O)N1Cc1ccncc1NS(=O)(=O)c1ccccc1. The lowest BCUT2D eigenvalue weighted by molar-refractivity contribution is -0.123. The summed E-state index contributed by atoms with van der Waals surface area (Å²) in [5, 5.41) is 0. The maximum absolute atomic E-state index is 13.4.